The van der Waals surface area contributed by atoms with Crippen LogP contribution >= 0.6 is 11.6 Å². The molecule has 0 spiro atoms. The van der Waals surface area contributed by atoms with Gasteiger partial charge in [-0.25, -0.2) is 8.78 Å². The minimum atomic E-state index is -0.548. The van der Waals surface area contributed by atoms with Crippen molar-refractivity contribution in [3.05, 3.63) is 35.4 Å². The Morgan fingerprint density at radius 3 is 2.75 bits per heavy atom. The van der Waals surface area contributed by atoms with E-state index in [2.05, 4.69) is 5.32 Å². The van der Waals surface area contributed by atoms with Gasteiger partial charge in [0.2, 0.25) is 0 Å². The normalized spacial score (nSPS) is 12.8. The Bertz CT molecular complexity index is 331. The first-order valence-electron chi connectivity index (χ1n) is 5.42. The van der Waals surface area contributed by atoms with Crippen LogP contribution in [-0.4, -0.2) is 11.9 Å². The first-order valence-corrected chi connectivity index (χ1v) is 5.85. The molecule has 1 atom stereocenters. The molecular formula is C12H16ClF2N. The van der Waals surface area contributed by atoms with E-state index in [0.717, 1.165) is 25.5 Å². The summed E-state index contributed by atoms with van der Waals surface area (Å²) in [6.07, 6.45) is 1.77. The Hall–Kier alpha value is -0.670. The second-order valence-corrected chi connectivity index (χ2v) is 4.32. The number of alkyl halides is 1. The molecule has 0 aromatic heterocycles. The average molecular weight is 248 g/mol. The molecule has 0 saturated heterocycles. The fourth-order valence-electron chi connectivity index (χ4n) is 1.35. The Morgan fingerprint density at radius 1 is 1.38 bits per heavy atom. The fraction of sp³-hybridized carbons (Fsp3) is 0.500. The standard InChI is InChI=1S/C12H16ClF2N/c1-2-10(13)5-6-16-8-9-3-4-11(14)7-12(9)15/h3-4,7,10,16H,2,5-6,8H2,1H3. The van der Waals surface area contributed by atoms with E-state index in [4.69, 9.17) is 11.6 Å². The van der Waals surface area contributed by atoms with Crippen LogP contribution in [0.15, 0.2) is 18.2 Å². The van der Waals surface area contributed by atoms with Crippen molar-refractivity contribution in [2.75, 3.05) is 6.54 Å². The van der Waals surface area contributed by atoms with E-state index in [1.165, 1.54) is 12.1 Å². The van der Waals surface area contributed by atoms with Crippen LogP contribution in [-0.2, 0) is 6.54 Å². The summed E-state index contributed by atoms with van der Waals surface area (Å²) in [5.41, 5.74) is 0.476. The second kappa shape index (κ2) is 6.81. The highest BCUT2D eigenvalue weighted by molar-refractivity contribution is 6.20. The second-order valence-electron chi connectivity index (χ2n) is 3.71. The van der Waals surface area contributed by atoms with Crippen LogP contribution in [0.5, 0.6) is 0 Å². The minimum absolute atomic E-state index is 0.158. The van der Waals surface area contributed by atoms with Gasteiger partial charge >= 0.3 is 0 Å². The molecule has 4 heteroatoms. The highest BCUT2D eigenvalue weighted by Gasteiger charge is 2.04. The van der Waals surface area contributed by atoms with Crippen LogP contribution < -0.4 is 5.32 Å². The maximum Gasteiger partial charge on any atom is 0.130 e. The van der Waals surface area contributed by atoms with Gasteiger partial charge in [-0.05, 0) is 25.5 Å². The Labute approximate surface area is 99.8 Å². The van der Waals surface area contributed by atoms with Crippen molar-refractivity contribution in [2.45, 2.75) is 31.7 Å². The van der Waals surface area contributed by atoms with Gasteiger partial charge in [-0.15, -0.1) is 11.6 Å². The SMILES string of the molecule is CCC(Cl)CCNCc1ccc(F)cc1F. The zero-order valence-corrected chi connectivity index (χ0v) is 10.0. The lowest BCUT2D eigenvalue weighted by molar-refractivity contribution is 0.554. The first kappa shape index (κ1) is 13.4. The number of hydrogen-bond donors (Lipinski definition) is 1. The first-order chi connectivity index (χ1) is 7.63. The molecule has 0 aliphatic heterocycles. The summed E-state index contributed by atoms with van der Waals surface area (Å²) in [6.45, 7) is 3.16. The summed E-state index contributed by atoms with van der Waals surface area (Å²) < 4.78 is 25.8. The van der Waals surface area contributed by atoms with E-state index >= 15 is 0 Å². The number of hydrogen-bond acceptors (Lipinski definition) is 1. The van der Waals surface area contributed by atoms with Crippen LogP contribution in [0.1, 0.15) is 25.3 Å². The molecule has 90 valence electrons. The van der Waals surface area contributed by atoms with Crippen LogP contribution in [0.3, 0.4) is 0 Å². The van der Waals surface area contributed by atoms with Gasteiger partial charge < -0.3 is 5.32 Å². The summed E-state index contributed by atoms with van der Waals surface area (Å²) in [4.78, 5) is 0. The third-order valence-corrected chi connectivity index (χ3v) is 2.93. The maximum atomic E-state index is 13.2. The molecule has 1 unspecified atom stereocenters. The Morgan fingerprint density at radius 2 is 2.12 bits per heavy atom. The topological polar surface area (TPSA) is 12.0 Å². The van der Waals surface area contributed by atoms with E-state index in [1.54, 1.807) is 0 Å². The van der Waals surface area contributed by atoms with Gasteiger partial charge in [-0.1, -0.05) is 13.0 Å². The summed E-state index contributed by atoms with van der Waals surface area (Å²) in [7, 11) is 0. The van der Waals surface area contributed by atoms with Gasteiger partial charge in [0, 0.05) is 23.6 Å². The summed E-state index contributed by atoms with van der Waals surface area (Å²) in [5.74, 6) is -1.06. The Balaban J connectivity index is 2.32. The summed E-state index contributed by atoms with van der Waals surface area (Å²) in [5, 5.41) is 3.24. The molecule has 0 heterocycles. The molecule has 0 bridgehead atoms. The van der Waals surface area contributed by atoms with Gasteiger partial charge in [0.25, 0.3) is 0 Å². The third kappa shape index (κ3) is 4.45. The third-order valence-electron chi connectivity index (χ3n) is 2.41. The monoisotopic (exact) mass is 247 g/mol. The molecule has 1 N–H and O–H groups in total. The quantitative estimate of drug-likeness (QED) is 0.600. The molecule has 1 aromatic rings. The van der Waals surface area contributed by atoms with E-state index in [-0.39, 0.29) is 5.38 Å². The van der Waals surface area contributed by atoms with Crippen LogP contribution in [0.25, 0.3) is 0 Å². The minimum Gasteiger partial charge on any atom is -0.313 e. The van der Waals surface area contributed by atoms with Crippen molar-refractivity contribution in [1.29, 1.82) is 0 Å². The average Bonchev–Trinajstić information content (AvgIpc) is 2.26. The molecule has 1 aromatic carbocycles. The van der Waals surface area contributed by atoms with E-state index in [1.807, 2.05) is 6.92 Å². The van der Waals surface area contributed by atoms with Crippen molar-refractivity contribution in [3.8, 4) is 0 Å². The van der Waals surface area contributed by atoms with Crippen molar-refractivity contribution >= 4 is 11.6 Å². The van der Waals surface area contributed by atoms with E-state index in [0.29, 0.717) is 12.1 Å². The zero-order valence-electron chi connectivity index (χ0n) is 9.27. The predicted molar refractivity (Wildman–Crippen MR) is 62.6 cm³/mol. The molecule has 0 radical (unpaired) electrons. The number of benzene rings is 1. The van der Waals surface area contributed by atoms with E-state index < -0.39 is 11.6 Å². The molecular weight excluding hydrogens is 232 g/mol. The van der Waals surface area contributed by atoms with Crippen LogP contribution in [0.2, 0.25) is 0 Å². The van der Waals surface area contributed by atoms with Gasteiger partial charge in [0.1, 0.15) is 11.6 Å². The summed E-state index contributed by atoms with van der Waals surface area (Å²) in [6, 6.07) is 3.61. The molecule has 1 rings (SSSR count). The maximum absolute atomic E-state index is 13.2. The van der Waals surface area contributed by atoms with Crippen molar-refractivity contribution in [3.63, 3.8) is 0 Å². The highest BCUT2D eigenvalue weighted by Crippen LogP contribution is 2.09. The number of rotatable bonds is 6. The predicted octanol–water partition coefficient (Wildman–Crippen LogP) is 3.46. The van der Waals surface area contributed by atoms with Crippen LogP contribution in [0.4, 0.5) is 8.78 Å². The Kier molecular flexibility index (Phi) is 5.71. The van der Waals surface area contributed by atoms with Gasteiger partial charge in [0.15, 0.2) is 0 Å². The van der Waals surface area contributed by atoms with Gasteiger partial charge in [0.05, 0.1) is 0 Å². The van der Waals surface area contributed by atoms with Gasteiger partial charge in [-0.2, -0.15) is 0 Å². The highest BCUT2D eigenvalue weighted by atomic mass is 35.5. The lowest BCUT2D eigenvalue weighted by Crippen LogP contribution is -2.18. The molecule has 0 aliphatic rings. The molecule has 0 aliphatic carbocycles. The largest absolute Gasteiger partial charge is 0.313 e. The van der Waals surface area contributed by atoms with E-state index in [9.17, 15) is 8.78 Å². The smallest absolute Gasteiger partial charge is 0.130 e. The molecule has 0 amide bonds. The van der Waals surface area contributed by atoms with Crippen LogP contribution in [0, 0.1) is 11.6 Å². The molecule has 16 heavy (non-hydrogen) atoms. The van der Waals surface area contributed by atoms with Crippen molar-refractivity contribution in [2.24, 2.45) is 0 Å². The number of nitrogens with one attached hydrogen (secondary N) is 1. The molecule has 0 saturated carbocycles. The lowest BCUT2D eigenvalue weighted by Gasteiger charge is -2.08. The van der Waals surface area contributed by atoms with Gasteiger partial charge in [-0.3, -0.25) is 0 Å². The van der Waals surface area contributed by atoms with Crippen molar-refractivity contribution < 1.29 is 8.78 Å². The lowest BCUT2D eigenvalue weighted by atomic mass is 10.2. The molecule has 1 nitrogen and oxygen atoms in total. The summed E-state index contributed by atoms with van der Waals surface area (Å²) >= 11 is 5.94. The number of halogens is 3. The zero-order chi connectivity index (χ0) is 12.0. The molecule has 0 fully saturated rings. The van der Waals surface area contributed by atoms with Crippen molar-refractivity contribution in [1.82, 2.24) is 5.32 Å². The fourth-order valence-corrected chi connectivity index (χ4v) is 1.46.